The fraction of sp³-hybridized carbons (Fsp3) is 0.889. The fourth-order valence-electron chi connectivity index (χ4n) is 1.65. The summed E-state index contributed by atoms with van der Waals surface area (Å²) in [5, 5.41) is 2.92. The molecular weight excluding hydrogens is 223 g/mol. The Morgan fingerprint density at radius 1 is 1.31 bits per heavy atom. The summed E-state index contributed by atoms with van der Waals surface area (Å²) < 4.78 is 36.3. The molecule has 0 aromatic carbocycles. The zero-order chi connectivity index (χ0) is 12.2. The molecule has 1 fully saturated rings. The van der Waals surface area contributed by atoms with Gasteiger partial charge in [-0.25, -0.2) is 4.79 Å². The van der Waals surface area contributed by atoms with Gasteiger partial charge in [-0.3, -0.25) is 0 Å². The number of halogens is 3. The zero-order valence-corrected chi connectivity index (χ0v) is 9.18. The Morgan fingerprint density at radius 3 is 2.50 bits per heavy atom. The number of amides is 2. The number of alkyl halides is 3. The Morgan fingerprint density at radius 2 is 1.94 bits per heavy atom. The van der Waals surface area contributed by atoms with Crippen molar-refractivity contribution in [3.05, 3.63) is 0 Å². The number of hydrogen-bond donors (Lipinski definition) is 1. The van der Waals surface area contributed by atoms with Crippen molar-refractivity contribution in [2.45, 2.75) is 12.6 Å². The number of nitrogens with one attached hydrogen (secondary N) is 1. The van der Waals surface area contributed by atoms with E-state index in [0.29, 0.717) is 13.1 Å². The minimum absolute atomic E-state index is 0.165. The molecule has 1 rings (SSSR count). The van der Waals surface area contributed by atoms with Crippen LogP contribution in [0.3, 0.4) is 0 Å². The van der Waals surface area contributed by atoms with Gasteiger partial charge in [-0.05, 0) is 20.0 Å². The summed E-state index contributed by atoms with van der Waals surface area (Å²) in [6, 6.07) is -0.506. The van der Waals surface area contributed by atoms with Gasteiger partial charge < -0.3 is 15.1 Å². The van der Waals surface area contributed by atoms with E-state index in [1.807, 2.05) is 0 Å². The first-order valence-electron chi connectivity index (χ1n) is 5.19. The third-order valence-corrected chi connectivity index (χ3v) is 2.41. The first-order chi connectivity index (χ1) is 7.44. The highest BCUT2D eigenvalue weighted by molar-refractivity contribution is 5.76. The molecule has 0 aromatic rings. The van der Waals surface area contributed by atoms with Crippen LogP contribution in [0.15, 0.2) is 0 Å². The summed E-state index contributed by atoms with van der Waals surface area (Å²) in [5.41, 5.74) is 0. The van der Waals surface area contributed by atoms with E-state index in [4.69, 9.17) is 0 Å². The second-order valence-electron chi connectivity index (χ2n) is 3.76. The molecule has 0 aliphatic carbocycles. The van der Waals surface area contributed by atoms with Crippen molar-refractivity contribution in [1.29, 1.82) is 0 Å². The van der Waals surface area contributed by atoms with E-state index < -0.39 is 18.8 Å². The van der Waals surface area contributed by atoms with E-state index in [-0.39, 0.29) is 6.54 Å². The lowest BCUT2D eigenvalue weighted by atomic mass is 10.4. The van der Waals surface area contributed by atoms with E-state index >= 15 is 0 Å². The van der Waals surface area contributed by atoms with E-state index in [1.165, 1.54) is 4.90 Å². The van der Waals surface area contributed by atoms with Crippen LogP contribution in [-0.2, 0) is 0 Å². The molecule has 2 amide bonds. The topological polar surface area (TPSA) is 35.6 Å². The number of urea groups is 1. The van der Waals surface area contributed by atoms with Gasteiger partial charge >= 0.3 is 12.2 Å². The van der Waals surface area contributed by atoms with Gasteiger partial charge in [0.05, 0.1) is 0 Å². The number of carbonyl (C=O) groups excluding carboxylic acids is 1. The lowest BCUT2D eigenvalue weighted by molar-refractivity contribution is -0.138. The van der Waals surface area contributed by atoms with Crippen LogP contribution < -0.4 is 5.32 Å². The highest BCUT2D eigenvalue weighted by Gasteiger charge is 2.37. The van der Waals surface area contributed by atoms with E-state index in [1.54, 1.807) is 7.05 Å². The van der Waals surface area contributed by atoms with Crippen molar-refractivity contribution in [3.8, 4) is 0 Å². The molecule has 0 aromatic heterocycles. The molecule has 0 bridgehead atoms. The van der Waals surface area contributed by atoms with Gasteiger partial charge in [-0.15, -0.1) is 0 Å². The second-order valence-corrected chi connectivity index (χ2v) is 3.76. The van der Waals surface area contributed by atoms with Crippen LogP contribution >= 0.6 is 0 Å². The van der Waals surface area contributed by atoms with Crippen molar-refractivity contribution in [1.82, 2.24) is 15.1 Å². The van der Waals surface area contributed by atoms with Gasteiger partial charge in [0.2, 0.25) is 0 Å². The molecule has 1 heterocycles. The van der Waals surface area contributed by atoms with Crippen molar-refractivity contribution in [2.24, 2.45) is 0 Å². The average Bonchev–Trinajstić information content (AvgIpc) is 2.48. The molecule has 1 N–H and O–H groups in total. The molecule has 0 radical (unpaired) electrons. The zero-order valence-electron chi connectivity index (χ0n) is 9.18. The van der Waals surface area contributed by atoms with Crippen LogP contribution in [0.25, 0.3) is 0 Å². The summed E-state index contributed by atoms with van der Waals surface area (Å²) in [5.74, 6) is 0. The van der Waals surface area contributed by atoms with Crippen LogP contribution in [0.2, 0.25) is 0 Å². The van der Waals surface area contributed by atoms with Gasteiger partial charge in [-0.1, -0.05) is 0 Å². The minimum atomic E-state index is -4.31. The molecule has 0 spiro atoms. The summed E-state index contributed by atoms with van der Waals surface area (Å²) in [7, 11) is 1.79. The maximum Gasteiger partial charge on any atom is 0.406 e. The lowest BCUT2D eigenvalue weighted by Crippen LogP contribution is -2.38. The van der Waals surface area contributed by atoms with E-state index in [0.717, 1.165) is 17.9 Å². The normalized spacial score (nSPS) is 17.4. The molecule has 1 aliphatic rings. The Kier molecular flexibility index (Phi) is 4.40. The molecule has 16 heavy (non-hydrogen) atoms. The van der Waals surface area contributed by atoms with Gasteiger partial charge in [0.25, 0.3) is 0 Å². The molecule has 1 aliphatic heterocycles. The number of rotatable bonds is 5. The van der Waals surface area contributed by atoms with E-state index in [9.17, 15) is 18.0 Å². The van der Waals surface area contributed by atoms with Crippen molar-refractivity contribution >= 4 is 6.03 Å². The Bertz CT molecular complexity index is 245. The summed E-state index contributed by atoms with van der Waals surface area (Å²) in [6.07, 6.45) is -3.56. The van der Waals surface area contributed by atoms with Gasteiger partial charge in [0, 0.05) is 19.6 Å². The molecule has 94 valence electrons. The number of carbonyl (C=O) groups is 1. The molecule has 7 heteroatoms. The highest BCUT2D eigenvalue weighted by atomic mass is 19.4. The summed E-state index contributed by atoms with van der Waals surface area (Å²) in [4.78, 5) is 13.8. The highest BCUT2D eigenvalue weighted by Crippen LogP contribution is 2.19. The van der Waals surface area contributed by atoms with Crippen molar-refractivity contribution in [2.75, 3.05) is 39.8 Å². The smallest absolute Gasteiger partial charge is 0.323 e. The Balaban J connectivity index is 2.36. The fourth-order valence-corrected chi connectivity index (χ4v) is 1.65. The molecule has 0 saturated carbocycles. The largest absolute Gasteiger partial charge is 0.406 e. The molecule has 1 saturated heterocycles. The van der Waals surface area contributed by atoms with Crippen LogP contribution in [0, 0.1) is 0 Å². The second kappa shape index (κ2) is 5.38. The van der Waals surface area contributed by atoms with Crippen LogP contribution in [0.1, 0.15) is 6.42 Å². The summed E-state index contributed by atoms with van der Waals surface area (Å²) in [6.45, 7) is 0.669. The first-order valence-corrected chi connectivity index (χ1v) is 5.19. The number of hydrogen-bond acceptors (Lipinski definition) is 2. The van der Waals surface area contributed by atoms with Crippen LogP contribution in [0.5, 0.6) is 0 Å². The quantitative estimate of drug-likeness (QED) is 0.723. The molecule has 0 atom stereocenters. The summed E-state index contributed by atoms with van der Waals surface area (Å²) >= 11 is 0. The van der Waals surface area contributed by atoms with Gasteiger partial charge in [0.15, 0.2) is 0 Å². The predicted octanol–water partition coefficient (Wildman–Crippen LogP) is 0.896. The SMILES string of the molecule is CNCCCN1CCN(CC(F)(F)F)C1=O. The monoisotopic (exact) mass is 239 g/mol. The predicted molar refractivity (Wildman–Crippen MR) is 53.1 cm³/mol. The van der Waals surface area contributed by atoms with Crippen molar-refractivity contribution in [3.63, 3.8) is 0 Å². The average molecular weight is 239 g/mol. The third kappa shape index (κ3) is 3.88. The van der Waals surface area contributed by atoms with Gasteiger partial charge in [-0.2, -0.15) is 13.2 Å². The first kappa shape index (κ1) is 13.1. The Labute approximate surface area is 92.4 Å². The van der Waals surface area contributed by atoms with E-state index in [2.05, 4.69) is 5.32 Å². The molecule has 0 unspecified atom stereocenters. The van der Waals surface area contributed by atoms with Crippen LogP contribution in [0.4, 0.5) is 18.0 Å². The maximum atomic E-state index is 12.1. The molecule has 4 nitrogen and oxygen atoms in total. The van der Waals surface area contributed by atoms with Crippen LogP contribution in [-0.4, -0.2) is 61.8 Å². The minimum Gasteiger partial charge on any atom is -0.323 e. The number of nitrogens with zero attached hydrogens (tertiary/aromatic N) is 2. The maximum absolute atomic E-state index is 12.1. The Hall–Kier alpha value is -0.980. The van der Waals surface area contributed by atoms with Crippen molar-refractivity contribution < 1.29 is 18.0 Å². The third-order valence-electron chi connectivity index (χ3n) is 2.41. The lowest BCUT2D eigenvalue weighted by Gasteiger charge is -2.19. The van der Waals surface area contributed by atoms with Gasteiger partial charge in [0.1, 0.15) is 6.54 Å². The molecular formula is C9H16F3N3O. The standard InChI is InChI=1S/C9H16F3N3O/c1-13-3-2-4-14-5-6-15(8(14)16)7-9(10,11)12/h13H,2-7H2,1H3.